The van der Waals surface area contributed by atoms with Crippen LogP contribution in [0, 0.1) is 0 Å². The Balaban J connectivity index is 2.31. The summed E-state index contributed by atoms with van der Waals surface area (Å²) in [5, 5.41) is 3.98. The van der Waals surface area contributed by atoms with Gasteiger partial charge in [0.25, 0.3) is 0 Å². The van der Waals surface area contributed by atoms with Gasteiger partial charge in [0.05, 0.1) is 11.4 Å². The SMILES string of the molecule is Nc1ccc(Nc2ccc(Cl)cc2Br)c(Br)c1. The molecule has 0 fully saturated rings. The molecule has 0 unspecified atom stereocenters. The standard InChI is InChI=1S/C12H9Br2ClN2/c13-9-5-7(15)1-3-11(9)17-12-4-2-8(16)6-10(12)14/h1-6,17H,16H2. The lowest BCUT2D eigenvalue weighted by atomic mass is 10.2. The average molecular weight is 376 g/mol. The maximum Gasteiger partial charge on any atom is 0.0530 e. The van der Waals surface area contributed by atoms with Crippen molar-refractivity contribution in [1.82, 2.24) is 0 Å². The Labute approximate surface area is 121 Å². The van der Waals surface area contributed by atoms with E-state index < -0.39 is 0 Å². The van der Waals surface area contributed by atoms with Gasteiger partial charge in [-0.2, -0.15) is 0 Å². The second-order valence-corrected chi connectivity index (χ2v) is 5.63. The number of benzene rings is 2. The molecule has 0 saturated carbocycles. The van der Waals surface area contributed by atoms with Crippen LogP contribution in [-0.4, -0.2) is 0 Å². The number of rotatable bonds is 2. The Kier molecular flexibility index (Phi) is 3.97. The van der Waals surface area contributed by atoms with Crippen LogP contribution in [0.15, 0.2) is 45.3 Å². The van der Waals surface area contributed by atoms with Crippen molar-refractivity contribution in [3.8, 4) is 0 Å². The van der Waals surface area contributed by atoms with Crippen LogP contribution in [0.4, 0.5) is 17.1 Å². The van der Waals surface area contributed by atoms with Gasteiger partial charge < -0.3 is 11.1 Å². The zero-order valence-electron chi connectivity index (χ0n) is 8.68. The normalized spacial score (nSPS) is 10.3. The number of anilines is 3. The lowest BCUT2D eigenvalue weighted by Crippen LogP contribution is -1.93. The van der Waals surface area contributed by atoms with Crippen LogP contribution in [-0.2, 0) is 0 Å². The third kappa shape index (κ3) is 3.15. The summed E-state index contributed by atoms with van der Waals surface area (Å²) in [6.07, 6.45) is 0. The van der Waals surface area contributed by atoms with Gasteiger partial charge in [0.15, 0.2) is 0 Å². The topological polar surface area (TPSA) is 38.0 Å². The molecular weight excluding hydrogens is 367 g/mol. The van der Waals surface area contributed by atoms with Crippen LogP contribution < -0.4 is 11.1 Å². The third-order valence-electron chi connectivity index (χ3n) is 2.19. The van der Waals surface area contributed by atoms with Crippen molar-refractivity contribution in [3.63, 3.8) is 0 Å². The first kappa shape index (κ1) is 12.7. The molecule has 2 aromatic carbocycles. The minimum absolute atomic E-state index is 0.693. The number of hydrogen-bond acceptors (Lipinski definition) is 2. The fourth-order valence-electron chi connectivity index (χ4n) is 1.37. The van der Waals surface area contributed by atoms with Crippen LogP contribution in [0.5, 0.6) is 0 Å². The van der Waals surface area contributed by atoms with E-state index in [1.54, 1.807) is 0 Å². The molecule has 0 aliphatic rings. The number of nitrogen functional groups attached to an aromatic ring is 1. The monoisotopic (exact) mass is 374 g/mol. The lowest BCUT2D eigenvalue weighted by Gasteiger charge is -2.11. The molecular formula is C12H9Br2ClN2. The molecule has 5 heteroatoms. The first-order valence-corrected chi connectivity index (χ1v) is 6.80. The summed E-state index contributed by atoms with van der Waals surface area (Å²) in [7, 11) is 0. The Morgan fingerprint density at radius 1 is 0.941 bits per heavy atom. The van der Waals surface area contributed by atoms with Gasteiger partial charge in [-0.1, -0.05) is 11.6 Å². The van der Waals surface area contributed by atoms with Gasteiger partial charge in [0.1, 0.15) is 0 Å². The summed E-state index contributed by atoms with van der Waals surface area (Å²) in [5.74, 6) is 0. The molecule has 2 rings (SSSR count). The van der Waals surface area contributed by atoms with E-state index in [4.69, 9.17) is 17.3 Å². The summed E-state index contributed by atoms with van der Waals surface area (Å²) < 4.78 is 1.83. The van der Waals surface area contributed by atoms with Crippen molar-refractivity contribution in [2.45, 2.75) is 0 Å². The summed E-state index contributed by atoms with van der Waals surface area (Å²) in [5.41, 5.74) is 8.30. The Morgan fingerprint density at radius 2 is 1.53 bits per heavy atom. The van der Waals surface area contributed by atoms with Crippen LogP contribution in [0.2, 0.25) is 5.02 Å². The lowest BCUT2D eigenvalue weighted by molar-refractivity contribution is 1.50. The fraction of sp³-hybridized carbons (Fsp3) is 0. The minimum atomic E-state index is 0.693. The molecule has 0 saturated heterocycles. The van der Waals surface area contributed by atoms with E-state index in [-0.39, 0.29) is 0 Å². The van der Waals surface area contributed by atoms with Crippen LogP contribution in [0.1, 0.15) is 0 Å². The predicted molar refractivity (Wildman–Crippen MR) is 81.0 cm³/mol. The molecule has 2 aromatic rings. The first-order chi connectivity index (χ1) is 8.06. The summed E-state index contributed by atoms with van der Waals surface area (Å²) in [6.45, 7) is 0. The molecule has 17 heavy (non-hydrogen) atoms. The van der Waals surface area contributed by atoms with E-state index >= 15 is 0 Å². The van der Waals surface area contributed by atoms with E-state index in [1.165, 1.54) is 0 Å². The maximum atomic E-state index is 5.89. The Bertz CT molecular complexity index is 509. The Morgan fingerprint density at radius 3 is 2.12 bits per heavy atom. The van der Waals surface area contributed by atoms with Gasteiger partial charge >= 0.3 is 0 Å². The number of nitrogens with two attached hydrogens (primary N) is 1. The van der Waals surface area contributed by atoms with Crippen molar-refractivity contribution >= 4 is 60.5 Å². The first-order valence-electron chi connectivity index (χ1n) is 4.83. The van der Waals surface area contributed by atoms with E-state index in [9.17, 15) is 0 Å². The third-order valence-corrected chi connectivity index (χ3v) is 3.74. The second kappa shape index (κ2) is 5.29. The molecule has 3 N–H and O–H groups in total. The minimum Gasteiger partial charge on any atom is -0.399 e. The Hall–Kier alpha value is -0.710. The highest BCUT2D eigenvalue weighted by atomic mass is 79.9. The van der Waals surface area contributed by atoms with Crippen molar-refractivity contribution in [2.24, 2.45) is 0 Å². The molecule has 88 valence electrons. The van der Waals surface area contributed by atoms with Gasteiger partial charge in [-0.05, 0) is 68.3 Å². The van der Waals surface area contributed by atoms with E-state index in [0.717, 1.165) is 26.0 Å². The zero-order valence-corrected chi connectivity index (χ0v) is 12.6. The largest absolute Gasteiger partial charge is 0.399 e. The predicted octanol–water partition coefficient (Wildman–Crippen LogP) is 5.19. The van der Waals surface area contributed by atoms with Gasteiger partial charge in [-0.25, -0.2) is 0 Å². The second-order valence-electron chi connectivity index (χ2n) is 3.49. The van der Waals surface area contributed by atoms with Crippen molar-refractivity contribution in [2.75, 3.05) is 11.1 Å². The molecule has 0 spiro atoms. The van der Waals surface area contributed by atoms with Gasteiger partial charge in [0.2, 0.25) is 0 Å². The molecule has 0 bridgehead atoms. The van der Waals surface area contributed by atoms with Gasteiger partial charge in [-0.3, -0.25) is 0 Å². The van der Waals surface area contributed by atoms with Gasteiger partial charge in [-0.15, -0.1) is 0 Å². The van der Waals surface area contributed by atoms with Crippen molar-refractivity contribution in [3.05, 3.63) is 50.4 Å². The quantitative estimate of drug-likeness (QED) is 0.708. The molecule has 2 nitrogen and oxygen atoms in total. The fourth-order valence-corrected chi connectivity index (χ4v) is 2.65. The van der Waals surface area contributed by atoms with E-state index in [2.05, 4.69) is 37.2 Å². The molecule has 0 atom stereocenters. The van der Waals surface area contributed by atoms with Gasteiger partial charge in [0, 0.05) is 19.7 Å². The smallest absolute Gasteiger partial charge is 0.0530 e. The summed E-state index contributed by atoms with van der Waals surface area (Å²) in [6, 6.07) is 11.2. The maximum absolute atomic E-state index is 5.89. The molecule has 0 aliphatic heterocycles. The molecule has 0 heterocycles. The number of nitrogens with one attached hydrogen (secondary N) is 1. The van der Waals surface area contributed by atoms with Crippen LogP contribution in [0.25, 0.3) is 0 Å². The average Bonchev–Trinajstić information content (AvgIpc) is 2.25. The molecule has 0 aliphatic carbocycles. The highest BCUT2D eigenvalue weighted by molar-refractivity contribution is 9.11. The molecule has 0 aromatic heterocycles. The zero-order chi connectivity index (χ0) is 12.4. The van der Waals surface area contributed by atoms with Crippen LogP contribution in [0.3, 0.4) is 0 Å². The highest BCUT2D eigenvalue weighted by Crippen LogP contribution is 2.32. The molecule has 0 amide bonds. The van der Waals surface area contributed by atoms with Crippen molar-refractivity contribution in [1.29, 1.82) is 0 Å². The van der Waals surface area contributed by atoms with E-state index in [1.807, 2.05) is 36.4 Å². The molecule has 0 radical (unpaired) electrons. The van der Waals surface area contributed by atoms with E-state index in [0.29, 0.717) is 5.02 Å². The highest BCUT2D eigenvalue weighted by Gasteiger charge is 2.04. The summed E-state index contributed by atoms with van der Waals surface area (Å²) in [4.78, 5) is 0. The van der Waals surface area contributed by atoms with Crippen molar-refractivity contribution < 1.29 is 0 Å². The summed E-state index contributed by atoms with van der Waals surface area (Å²) >= 11 is 12.8. The number of hydrogen-bond donors (Lipinski definition) is 2. The number of halogens is 3. The van der Waals surface area contributed by atoms with Crippen LogP contribution >= 0.6 is 43.5 Å².